The van der Waals surface area contributed by atoms with Gasteiger partial charge < -0.3 is 10.2 Å². The highest BCUT2D eigenvalue weighted by atomic mass is 16.3. The van der Waals surface area contributed by atoms with Crippen molar-refractivity contribution in [1.29, 1.82) is 0 Å². The molecular weight excluding hydrogens is 226 g/mol. The Balaban J connectivity index is 0.000000659. The molecule has 0 atom stereocenters. The van der Waals surface area contributed by atoms with Gasteiger partial charge in [-0.3, -0.25) is 0 Å². The van der Waals surface area contributed by atoms with Gasteiger partial charge in [-0.2, -0.15) is 4.57 Å². The van der Waals surface area contributed by atoms with E-state index in [4.69, 9.17) is 0 Å². The Morgan fingerprint density at radius 3 is 2.06 bits per heavy atom. The lowest BCUT2D eigenvalue weighted by Crippen LogP contribution is -2.29. The molecule has 0 aliphatic heterocycles. The Bertz CT molecular complexity index is 507. The summed E-state index contributed by atoms with van der Waals surface area (Å²) in [4.78, 5) is 0. The van der Waals surface area contributed by atoms with Gasteiger partial charge in [0.2, 0.25) is 11.3 Å². The second kappa shape index (κ2) is 7.54. The first kappa shape index (κ1) is 16.2. The zero-order chi connectivity index (χ0) is 14.3. The average Bonchev–Trinajstić information content (AvgIpc) is 2.42. The fraction of sp³-hybridized carbons (Fsp3) is 0.400. The first-order chi connectivity index (χ1) is 8.59. The maximum atomic E-state index is 9.51. The van der Waals surface area contributed by atoms with Crippen LogP contribution in [0.15, 0.2) is 24.3 Å². The normalized spacial score (nSPS) is 9.00. The molecule has 0 saturated carbocycles. The number of rotatable bonds is 0. The molecule has 100 valence electrons. The maximum Gasteiger partial charge on any atom is 0.409 e. The van der Waals surface area contributed by atoms with E-state index in [-0.39, 0.29) is 11.6 Å². The molecule has 1 aromatic carbocycles. The Morgan fingerprint density at radius 2 is 1.50 bits per heavy atom. The lowest BCUT2D eigenvalue weighted by atomic mass is 10.1. The van der Waals surface area contributed by atoms with E-state index in [2.05, 4.69) is 0 Å². The molecule has 2 N–H and O–H groups in total. The summed E-state index contributed by atoms with van der Waals surface area (Å²) in [6.07, 6.45) is 0. The molecule has 18 heavy (non-hydrogen) atoms. The van der Waals surface area contributed by atoms with Gasteiger partial charge >= 0.3 is 5.88 Å². The second-order valence-electron chi connectivity index (χ2n) is 3.47. The third-order valence-corrected chi connectivity index (χ3v) is 2.39. The highest BCUT2D eigenvalue weighted by Crippen LogP contribution is 2.24. The van der Waals surface area contributed by atoms with E-state index in [1.165, 1.54) is 0 Å². The van der Waals surface area contributed by atoms with Crippen molar-refractivity contribution in [3.63, 3.8) is 0 Å². The molecule has 3 heteroatoms. The molecule has 2 rings (SSSR count). The molecule has 0 saturated heterocycles. The fourth-order valence-corrected chi connectivity index (χ4v) is 1.56. The summed E-state index contributed by atoms with van der Waals surface area (Å²) >= 11 is 0. The number of pyridine rings is 1. The summed E-state index contributed by atoms with van der Waals surface area (Å²) in [5.74, 6) is -0.202. The van der Waals surface area contributed by atoms with Crippen molar-refractivity contribution >= 4 is 10.9 Å². The van der Waals surface area contributed by atoms with Crippen molar-refractivity contribution in [3.05, 3.63) is 29.8 Å². The highest BCUT2D eigenvalue weighted by Gasteiger charge is 2.15. The van der Waals surface area contributed by atoms with Crippen molar-refractivity contribution in [2.45, 2.75) is 34.6 Å². The molecule has 0 unspecified atom stereocenters. The van der Waals surface area contributed by atoms with Crippen LogP contribution in [-0.4, -0.2) is 10.2 Å². The first-order valence-electron chi connectivity index (χ1n) is 6.41. The average molecular weight is 250 g/mol. The molecule has 0 aliphatic rings. The standard InChI is InChI=1S/C11H11NO2.2C2H6/c1-7-3-4-8-6-10(13)11(14)12(2)9(8)5-7;2*1-2/h3-6,13H,1-2H3;2*1-2H3/p+1. The van der Waals surface area contributed by atoms with Crippen LogP contribution in [-0.2, 0) is 7.05 Å². The van der Waals surface area contributed by atoms with Crippen molar-refractivity contribution < 1.29 is 14.8 Å². The largest absolute Gasteiger partial charge is 0.500 e. The Hall–Kier alpha value is -1.77. The Kier molecular flexibility index (Phi) is 6.79. The molecule has 0 fully saturated rings. The quantitative estimate of drug-likeness (QED) is 0.703. The van der Waals surface area contributed by atoms with Crippen LogP contribution >= 0.6 is 0 Å². The summed E-state index contributed by atoms with van der Waals surface area (Å²) in [7, 11) is 1.72. The van der Waals surface area contributed by atoms with Gasteiger partial charge in [0.05, 0.1) is 5.39 Å². The topological polar surface area (TPSA) is 44.3 Å². The van der Waals surface area contributed by atoms with Crippen LogP contribution in [0, 0.1) is 6.92 Å². The van der Waals surface area contributed by atoms with Gasteiger partial charge in [0, 0.05) is 12.1 Å². The summed E-state index contributed by atoms with van der Waals surface area (Å²) in [6, 6.07) is 7.42. The molecule has 0 bridgehead atoms. The van der Waals surface area contributed by atoms with Gasteiger partial charge in [-0.05, 0) is 18.6 Å². The first-order valence-corrected chi connectivity index (χ1v) is 6.41. The van der Waals surface area contributed by atoms with Crippen LogP contribution in [0.25, 0.3) is 10.9 Å². The molecule has 3 nitrogen and oxygen atoms in total. The number of nitrogens with zero attached hydrogens (tertiary/aromatic N) is 1. The zero-order valence-corrected chi connectivity index (χ0v) is 12.2. The lowest BCUT2D eigenvalue weighted by Gasteiger charge is -2.01. The molecule has 0 radical (unpaired) electrons. The summed E-state index contributed by atoms with van der Waals surface area (Å²) in [6.45, 7) is 9.99. The molecule has 0 spiro atoms. The fourth-order valence-electron chi connectivity index (χ4n) is 1.56. The SMILES string of the molecule is CC.CC.Cc1ccc2cc(O)c(O)[n+](C)c2c1. The number of aryl methyl sites for hydroxylation is 2. The highest BCUT2D eigenvalue weighted by molar-refractivity contribution is 5.78. The van der Waals surface area contributed by atoms with Crippen LogP contribution < -0.4 is 4.57 Å². The number of hydrogen-bond acceptors (Lipinski definition) is 2. The van der Waals surface area contributed by atoms with E-state index in [1.54, 1.807) is 17.7 Å². The van der Waals surface area contributed by atoms with E-state index in [1.807, 2.05) is 52.8 Å². The summed E-state index contributed by atoms with van der Waals surface area (Å²) < 4.78 is 1.57. The smallest absolute Gasteiger partial charge is 0.409 e. The molecule has 1 heterocycles. The maximum absolute atomic E-state index is 9.51. The zero-order valence-electron chi connectivity index (χ0n) is 12.2. The molecule has 2 aromatic rings. The minimum Gasteiger partial charge on any atom is -0.500 e. The Morgan fingerprint density at radius 1 is 0.944 bits per heavy atom. The van der Waals surface area contributed by atoms with Crippen LogP contribution in [0.2, 0.25) is 0 Å². The summed E-state index contributed by atoms with van der Waals surface area (Å²) in [5.41, 5.74) is 2.03. The minimum atomic E-state index is -0.108. The van der Waals surface area contributed by atoms with E-state index < -0.39 is 0 Å². The minimum absolute atomic E-state index is 0.0937. The van der Waals surface area contributed by atoms with E-state index in [0.29, 0.717) is 0 Å². The molecule has 0 aliphatic carbocycles. The molecule has 1 aromatic heterocycles. The van der Waals surface area contributed by atoms with Gasteiger partial charge in [0.15, 0.2) is 0 Å². The Labute approximate surface area is 109 Å². The third kappa shape index (κ3) is 3.36. The van der Waals surface area contributed by atoms with E-state index in [0.717, 1.165) is 16.5 Å². The van der Waals surface area contributed by atoms with Crippen molar-refractivity contribution in [3.8, 4) is 11.6 Å². The van der Waals surface area contributed by atoms with Gasteiger partial charge in [-0.25, -0.2) is 0 Å². The number of aromatic nitrogens is 1. The molecular formula is C15H24NO2+. The van der Waals surface area contributed by atoms with Gasteiger partial charge in [0.25, 0.3) is 0 Å². The van der Waals surface area contributed by atoms with Crippen molar-refractivity contribution in [2.24, 2.45) is 7.05 Å². The number of benzene rings is 1. The van der Waals surface area contributed by atoms with Gasteiger partial charge in [-0.15, -0.1) is 0 Å². The van der Waals surface area contributed by atoms with E-state index in [9.17, 15) is 10.2 Å². The van der Waals surface area contributed by atoms with Gasteiger partial charge in [0.1, 0.15) is 7.05 Å². The van der Waals surface area contributed by atoms with Crippen LogP contribution in [0.1, 0.15) is 33.3 Å². The van der Waals surface area contributed by atoms with Crippen LogP contribution in [0.5, 0.6) is 11.6 Å². The van der Waals surface area contributed by atoms with Crippen molar-refractivity contribution in [1.82, 2.24) is 0 Å². The predicted molar refractivity (Wildman–Crippen MR) is 75.9 cm³/mol. The van der Waals surface area contributed by atoms with Gasteiger partial charge in [-0.1, -0.05) is 33.8 Å². The molecule has 0 amide bonds. The predicted octanol–water partition coefficient (Wildman–Crippen LogP) is 3.44. The van der Waals surface area contributed by atoms with E-state index >= 15 is 0 Å². The number of fused-ring (bicyclic) bond motifs is 1. The number of hydrogen-bond donors (Lipinski definition) is 2. The van der Waals surface area contributed by atoms with Crippen molar-refractivity contribution in [2.75, 3.05) is 0 Å². The second-order valence-corrected chi connectivity index (χ2v) is 3.47. The monoisotopic (exact) mass is 250 g/mol. The third-order valence-electron chi connectivity index (χ3n) is 2.39. The number of aromatic hydroxyl groups is 2. The van der Waals surface area contributed by atoms with Crippen LogP contribution in [0.3, 0.4) is 0 Å². The lowest BCUT2D eigenvalue weighted by molar-refractivity contribution is -0.652. The van der Waals surface area contributed by atoms with Crippen LogP contribution in [0.4, 0.5) is 0 Å². The summed E-state index contributed by atoms with van der Waals surface area (Å²) in [5, 5.41) is 19.8.